The first-order chi connectivity index (χ1) is 7.79. The van der Waals surface area contributed by atoms with E-state index in [4.69, 9.17) is 5.73 Å². The van der Waals surface area contributed by atoms with E-state index in [0.717, 1.165) is 17.8 Å². The second-order valence-electron chi connectivity index (χ2n) is 6.54. The molecule has 0 bridgehead atoms. The second-order valence-corrected chi connectivity index (χ2v) is 6.54. The first-order valence-electron chi connectivity index (χ1n) is 7.27. The van der Waals surface area contributed by atoms with Crippen LogP contribution in [0.2, 0.25) is 0 Å². The lowest BCUT2D eigenvalue weighted by atomic mass is 10.1. The van der Waals surface area contributed by atoms with Gasteiger partial charge in [0, 0.05) is 25.7 Å². The fraction of sp³-hybridized carbons (Fsp3) is 1.00. The quantitative estimate of drug-likeness (QED) is 0.747. The Morgan fingerprint density at radius 2 is 1.25 bits per heavy atom. The molecule has 92 valence electrons. The molecule has 0 aliphatic heterocycles. The molecule has 3 fully saturated rings. The maximum Gasteiger partial charge on any atom is 0.00420 e. The summed E-state index contributed by atoms with van der Waals surface area (Å²) in [5.41, 5.74) is 6.01. The van der Waals surface area contributed by atoms with Gasteiger partial charge >= 0.3 is 0 Å². The molecule has 0 radical (unpaired) electrons. The molecule has 0 heterocycles. The number of rotatable bonds is 6. The van der Waals surface area contributed by atoms with Crippen LogP contribution in [-0.4, -0.2) is 30.6 Å². The van der Waals surface area contributed by atoms with Gasteiger partial charge in [-0.25, -0.2) is 0 Å². The molecule has 16 heavy (non-hydrogen) atoms. The van der Waals surface area contributed by atoms with Crippen molar-refractivity contribution in [1.82, 2.24) is 4.90 Å². The van der Waals surface area contributed by atoms with E-state index >= 15 is 0 Å². The monoisotopic (exact) mass is 222 g/mol. The molecule has 2 nitrogen and oxygen atoms in total. The molecule has 2 atom stereocenters. The van der Waals surface area contributed by atoms with Crippen LogP contribution in [0.3, 0.4) is 0 Å². The highest BCUT2D eigenvalue weighted by Crippen LogP contribution is 2.35. The summed E-state index contributed by atoms with van der Waals surface area (Å²) in [7, 11) is 0. The number of nitrogens with two attached hydrogens (primary N) is 1. The molecule has 3 rings (SSSR count). The Kier molecular flexibility index (Phi) is 3.21. The largest absolute Gasteiger partial charge is 0.328 e. The van der Waals surface area contributed by atoms with E-state index in [1.165, 1.54) is 64.6 Å². The predicted octanol–water partition coefficient (Wildman–Crippen LogP) is 2.24. The summed E-state index contributed by atoms with van der Waals surface area (Å²) < 4.78 is 0. The molecule has 0 aromatic carbocycles. The van der Waals surface area contributed by atoms with Crippen molar-refractivity contribution in [1.29, 1.82) is 0 Å². The lowest BCUT2D eigenvalue weighted by molar-refractivity contribution is 0.214. The minimum absolute atomic E-state index is 0.508. The second kappa shape index (κ2) is 4.66. The van der Waals surface area contributed by atoms with Crippen molar-refractivity contribution in [2.45, 2.75) is 51.0 Å². The minimum atomic E-state index is 0.508. The molecule has 0 saturated heterocycles. The summed E-state index contributed by atoms with van der Waals surface area (Å²) >= 11 is 0. The van der Waals surface area contributed by atoms with Crippen LogP contribution in [-0.2, 0) is 0 Å². The fourth-order valence-electron chi connectivity index (χ4n) is 3.20. The highest BCUT2D eigenvalue weighted by atomic mass is 15.1. The highest BCUT2D eigenvalue weighted by molar-refractivity contribution is 4.86. The van der Waals surface area contributed by atoms with Crippen molar-refractivity contribution < 1.29 is 0 Å². The van der Waals surface area contributed by atoms with Crippen LogP contribution in [0.4, 0.5) is 0 Å². The summed E-state index contributed by atoms with van der Waals surface area (Å²) in [5.74, 6) is 3.01. The first kappa shape index (κ1) is 11.0. The lowest BCUT2D eigenvalue weighted by Gasteiger charge is -2.25. The first-order valence-corrected chi connectivity index (χ1v) is 7.27. The summed E-state index contributed by atoms with van der Waals surface area (Å²) in [4.78, 5) is 2.78. The van der Waals surface area contributed by atoms with E-state index in [9.17, 15) is 0 Å². The van der Waals surface area contributed by atoms with Crippen LogP contribution in [0.25, 0.3) is 0 Å². The van der Waals surface area contributed by atoms with Crippen molar-refractivity contribution in [3.8, 4) is 0 Å². The van der Waals surface area contributed by atoms with E-state index in [0.29, 0.717) is 6.04 Å². The van der Waals surface area contributed by atoms with Crippen molar-refractivity contribution in [2.24, 2.45) is 23.5 Å². The number of hydrogen-bond acceptors (Lipinski definition) is 2. The van der Waals surface area contributed by atoms with Crippen molar-refractivity contribution in [2.75, 3.05) is 19.6 Å². The molecule has 0 spiro atoms. The van der Waals surface area contributed by atoms with Gasteiger partial charge in [0.15, 0.2) is 0 Å². The Morgan fingerprint density at radius 3 is 1.69 bits per heavy atom. The molecule has 3 aliphatic carbocycles. The Bertz CT molecular complexity index is 219. The van der Waals surface area contributed by atoms with Gasteiger partial charge in [-0.3, -0.25) is 0 Å². The van der Waals surface area contributed by atoms with E-state index in [-0.39, 0.29) is 0 Å². The maximum absolute atomic E-state index is 6.01. The van der Waals surface area contributed by atoms with Crippen LogP contribution in [0.1, 0.15) is 44.9 Å². The summed E-state index contributed by atoms with van der Waals surface area (Å²) in [6.45, 7) is 4.13. The summed E-state index contributed by atoms with van der Waals surface area (Å²) in [6, 6.07) is 0.508. The Labute approximate surface area is 99.6 Å². The maximum atomic E-state index is 6.01. The van der Waals surface area contributed by atoms with Crippen molar-refractivity contribution >= 4 is 0 Å². The van der Waals surface area contributed by atoms with Crippen LogP contribution in [0.5, 0.6) is 0 Å². The molecule has 2 N–H and O–H groups in total. The van der Waals surface area contributed by atoms with Gasteiger partial charge in [0.1, 0.15) is 0 Å². The zero-order valence-electron chi connectivity index (χ0n) is 10.4. The topological polar surface area (TPSA) is 29.3 Å². The number of nitrogens with zero attached hydrogens (tertiary/aromatic N) is 1. The third-order valence-corrected chi connectivity index (χ3v) is 4.52. The van der Waals surface area contributed by atoms with Crippen LogP contribution in [0.15, 0.2) is 0 Å². The van der Waals surface area contributed by atoms with Gasteiger partial charge in [-0.05, 0) is 62.7 Å². The van der Waals surface area contributed by atoms with E-state index < -0.39 is 0 Å². The van der Waals surface area contributed by atoms with Crippen LogP contribution < -0.4 is 5.73 Å². The van der Waals surface area contributed by atoms with Gasteiger partial charge in [-0.1, -0.05) is 0 Å². The van der Waals surface area contributed by atoms with E-state index in [2.05, 4.69) is 4.90 Å². The van der Waals surface area contributed by atoms with E-state index in [1.54, 1.807) is 0 Å². The van der Waals surface area contributed by atoms with Crippen LogP contribution in [0, 0.1) is 17.8 Å². The zero-order chi connectivity index (χ0) is 11.0. The fourth-order valence-corrected chi connectivity index (χ4v) is 3.20. The third-order valence-electron chi connectivity index (χ3n) is 4.52. The smallest absolute Gasteiger partial charge is 0.00420 e. The molecule has 3 aliphatic rings. The molecule has 2 unspecified atom stereocenters. The molecule has 0 aromatic rings. The molecule has 0 amide bonds. The summed E-state index contributed by atoms with van der Waals surface area (Å²) in [6.07, 6.45) is 9.90. The highest BCUT2D eigenvalue weighted by Gasteiger charge is 2.31. The SMILES string of the molecule is NC1CCC(CN(CC2CC2)CC2CC2)C1. The van der Waals surface area contributed by atoms with Crippen LogP contribution >= 0.6 is 0 Å². The van der Waals surface area contributed by atoms with Gasteiger partial charge < -0.3 is 10.6 Å². The molecule has 0 aromatic heterocycles. The molecule has 3 saturated carbocycles. The van der Waals surface area contributed by atoms with Crippen molar-refractivity contribution in [3.05, 3.63) is 0 Å². The normalized spacial score (nSPS) is 34.9. The Morgan fingerprint density at radius 1 is 0.750 bits per heavy atom. The zero-order valence-corrected chi connectivity index (χ0v) is 10.4. The average molecular weight is 222 g/mol. The third kappa shape index (κ3) is 3.21. The average Bonchev–Trinajstić information content (AvgIpc) is 3.13. The Balaban J connectivity index is 1.46. The van der Waals surface area contributed by atoms with Gasteiger partial charge in [0.05, 0.1) is 0 Å². The van der Waals surface area contributed by atoms with Gasteiger partial charge in [0.2, 0.25) is 0 Å². The lowest BCUT2D eigenvalue weighted by Crippen LogP contribution is -2.33. The summed E-state index contributed by atoms with van der Waals surface area (Å²) in [5, 5.41) is 0. The minimum Gasteiger partial charge on any atom is -0.328 e. The number of hydrogen-bond donors (Lipinski definition) is 1. The molecular formula is C14H26N2. The van der Waals surface area contributed by atoms with Crippen molar-refractivity contribution in [3.63, 3.8) is 0 Å². The Hall–Kier alpha value is -0.0800. The molecule has 2 heteroatoms. The van der Waals surface area contributed by atoms with Gasteiger partial charge in [-0.2, -0.15) is 0 Å². The van der Waals surface area contributed by atoms with E-state index in [1.807, 2.05) is 0 Å². The van der Waals surface area contributed by atoms with Gasteiger partial charge in [-0.15, -0.1) is 0 Å². The standard InChI is InChI=1S/C14H26N2/c15-14-6-5-13(7-14)10-16(8-11-1-2-11)9-12-3-4-12/h11-14H,1-10,15H2. The predicted molar refractivity (Wildman–Crippen MR) is 67.2 cm³/mol. The van der Waals surface area contributed by atoms with Gasteiger partial charge in [0.25, 0.3) is 0 Å². The molecular weight excluding hydrogens is 196 g/mol.